The van der Waals surface area contributed by atoms with Gasteiger partial charge in [-0.2, -0.15) is 0 Å². The molecule has 2 aliphatic heterocycles. The Balaban J connectivity index is 1.49. The highest BCUT2D eigenvalue weighted by Gasteiger charge is 2.34. The van der Waals surface area contributed by atoms with Crippen LogP contribution in [0.4, 0.5) is 5.82 Å². The Morgan fingerprint density at radius 2 is 1.90 bits per heavy atom. The van der Waals surface area contributed by atoms with E-state index >= 15 is 0 Å². The van der Waals surface area contributed by atoms with Crippen molar-refractivity contribution in [3.05, 3.63) is 18.6 Å². The predicted octanol–water partition coefficient (Wildman–Crippen LogP) is 2.63. The smallest absolute Gasteiger partial charge is 0.227 e. The second-order valence-electron chi connectivity index (χ2n) is 8.32. The molecule has 2 aliphatic rings. The van der Waals surface area contributed by atoms with E-state index < -0.39 is 0 Å². The summed E-state index contributed by atoms with van der Waals surface area (Å²) < 4.78 is 0. The van der Waals surface area contributed by atoms with E-state index in [-0.39, 0.29) is 23.7 Å². The molecule has 1 N–H and O–H groups in total. The van der Waals surface area contributed by atoms with Crippen LogP contribution < -0.4 is 10.2 Å². The van der Waals surface area contributed by atoms with Gasteiger partial charge in [0.1, 0.15) is 5.82 Å². The third-order valence-electron chi connectivity index (χ3n) is 6.08. The minimum absolute atomic E-state index is 0.0263. The zero-order chi connectivity index (χ0) is 20.5. The zero-order valence-corrected chi connectivity index (χ0v) is 17.7. The first-order valence-corrected chi connectivity index (χ1v) is 11.3. The number of nitrogens with zero attached hydrogens (tertiary/aromatic N) is 4. The molecule has 2 fully saturated rings. The molecule has 3 heterocycles. The number of nitrogens with one attached hydrogen (secondary N) is 1. The van der Waals surface area contributed by atoms with E-state index in [1.54, 1.807) is 18.6 Å². The number of piperidine rings is 2. The molecule has 160 valence electrons. The molecule has 29 heavy (non-hydrogen) atoms. The summed E-state index contributed by atoms with van der Waals surface area (Å²) in [5.41, 5.74) is 0. The number of rotatable bonds is 8. The van der Waals surface area contributed by atoms with Gasteiger partial charge in [-0.15, -0.1) is 0 Å². The summed E-state index contributed by atoms with van der Waals surface area (Å²) >= 11 is 0. The maximum absolute atomic E-state index is 13.2. The van der Waals surface area contributed by atoms with Crippen LogP contribution in [-0.2, 0) is 9.59 Å². The van der Waals surface area contributed by atoms with Crippen molar-refractivity contribution < 1.29 is 9.59 Å². The van der Waals surface area contributed by atoms with E-state index in [1.807, 2.05) is 4.90 Å². The molecule has 0 saturated carbocycles. The molecule has 0 bridgehead atoms. The molecule has 2 atom stereocenters. The lowest BCUT2D eigenvalue weighted by atomic mass is 9.92. The van der Waals surface area contributed by atoms with Crippen LogP contribution in [0.3, 0.4) is 0 Å². The molecule has 1 aromatic heterocycles. The van der Waals surface area contributed by atoms with Gasteiger partial charge in [-0.1, -0.05) is 26.2 Å². The monoisotopic (exact) mass is 401 g/mol. The number of hydrogen-bond acceptors (Lipinski definition) is 5. The SMILES string of the molecule is CCCCCCNC(=O)C1CCCN(C(=O)C2CCCN(c3cnccn3)C2)C1. The molecule has 7 heteroatoms. The summed E-state index contributed by atoms with van der Waals surface area (Å²) in [5, 5.41) is 3.08. The van der Waals surface area contributed by atoms with Gasteiger partial charge in [0.05, 0.1) is 18.0 Å². The molecular formula is C22H35N5O2. The Kier molecular flexibility index (Phi) is 8.25. The third kappa shape index (κ3) is 6.15. The Morgan fingerprint density at radius 3 is 2.69 bits per heavy atom. The fraction of sp³-hybridized carbons (Fsp3) is 0.727. The average molecular weight is 402 g/mol. The highest BCUT2D eigenvalue weighted by atomic mass is 16.2. The van der Waals surface area contributed by atoms with Crippen molar-refractivity contribution in [1.29, 1.82) is 0 Å². The van der Waals surface area contributed by atoms with Gasteiger partial charge in [-0.25, -0.2) is 4.98 Å². The van der Waals surface area contributed by atoms with Gasteiger partial charge in [0, 0.05) is 45.1 Å². The summed E-state index contributed by atoms with van der Waals surface area (Å²) in [5.74, 6) is 1.05. The summed E-state index contributed by atoms with van der Waals surface area (Å²) in [6.45, 7) is 5.85. The number of anilines is 1. The summed E-state index contributed by atoms with van der Waals surface area (Å²) in [6, 6.07) is 0. The number of aromatic nitrogens is 2. The van der Waals surface area contributed by atoms with Gasteiger partial charge >= 0.3 is 0 Å². The van der Waals surface area contributed by atoms with E-state index in [0.29, 0.717) is 13.1 Å². The minimum Gasteiger partial charge on any atom is -0.356 e. The Bertz CT molecular complexity index is 654. The molecule has 1 aromatic rings. The molecule has 2 amide bonds. The molecule has 0 aliphatic carbocycles. The number of carbonyl (C=O) groups excluding carboxylic acids is 2. The van der Waals surface area contributed by atoms with E-state index in [9.17, 15) is 9.59 Å². The van der Waals surface area contributed by atoms with Gasteiger partial charge in [-0.3, -0.25) is 14.6 Å². The Hall–Kier alpha value is -2.18. The van der Waals surface area contributed by atoms with Gasteiger partial charge in [0.15, 0.2) is 0 Å². The van der Waals surface area contributed by atoms with Crippen LogP contribution in [0.25, 0.3) is 0 Å². The molecule has 0 aromatic carbocycles. The molecule has 0 spiro atoms. The van der Waals surface area contributed by atoms with E-state index in [0.717, 1.165) is 64.0 Å². The lowest BCUT2D eigenvalue weighted by Crippen LogP contribution is -2.50. The number of amides is 2. The molecular weight excluding hydrogens is 366 g/mol. The van der Waals surface area contributed by atoms with E-state index in [4.69, 9.17) is 0 Å². The normalized spacial score (nSPS) is 22.4. The fourth-order valence-electron chi connectivity index (χ4n) is 4.40. The van der Waals surface area contributed by atoms with Crippen molar-refractivity contribution in [3.8, 4) is 0 Å². The van der Waals surface area contributed by atoms with Crippen LogP contribution in [0.1, 0.15) is 58.3 Å². The quantitative estimate of drug-likeness (QED) is 0.678. The van der Waals surface area contributed by atoms with Crippen molar-refractivity contribution in [3.63, 3.8) is 0 Å². The molecule has 2 unspecified atom stereocenters. The first kappa shape index (κ1) is 21.5. The molecule has 2 saturated heterocycles. The van der Waals surface area contributed by atoms with Gasteiger partial charge in [0.2, 0.25) is 11.8 Å². The van der Waals surface area contributed by atoms with E-state index in [2.05, 4.69) is 27.1 Å². The first-order valence-electron chi connectivity index (χ1n) is 11.3. The minimum atomic E-state index is -0.0708. The number of carbonyl (C=O) groups is 2. The second kappa shape index (κ2) is 11.1. The predicted molar refractivity (Wildman–Crippen MR) is 113 cm³/mol. The molecule has 7 nitrogen and oxygen atoms in total. The molecule has 0 radical (unpaired) electrons. The molecule has 3 rings (SSSR count). The second-order valence-corrected chi connectivity index (χ2v) is 8.32. The topological polar surface area (TPSA) is 78.4 Å². The average Bonchev–Trinajstić information content (AvgIpc) is 2.79. The standard InChI is InChI=1S/C22H35N5O2/c1-2-3-4-5-10-25-21(28)18-8-6-14-27(16-18)22(29)19-9-7-13-26(17-19)20-15-23-11-12-24-20/h11-12,15,18-19H,2-10,13-14,16-17H2,1H3,(H,25,28). The first-order chi connectivity index (χ1) is 14.2. The van der Waals surface area contributed by atoms with Crippen molar-refractivity contribution in [2.75, 3.05) is 37.6 Å². The number of likely N-dealkylation sites (tertiary alicyclic amines) is 1. The van der Waals surface area contributed by atoms with Crippen LogP contribution in [0.15, 0.2) is 18.6 Å². The van der Waals surface area contributed by atoms with Crippen molar-refractivity contribution >= 4 is 17.6 Å². The Labute approximate surface area is 174 Å². The van der Waals surface area contributed by atoms with E-state index in [1.165, 1.54) is 12.8 Å². The maximum Gasteiger partial charge on any atom is 0.227 e. The van der Waals surface area contributed by atoms with Crippen molar-refractivity contribution in [1.82, 2.24) is 20.2 Å². The third-order valence-corrected chi connectivity index (χ3v) is 6.08. The number of hydrogen-bond donors (Lipinski definition) is 1. The highest BCUT2D eigenvalue weighted by molar-refractivity contribution is 5.82. The summed E-state index contributed by atoms with van der Waals surface area (Å²) in [4.78, 5) is 38.3. The highest BCUT2D eigenvalue weighted by Crippen LogP contribution is 2.25. The lowest BCUT2D eigenvalue weighted by molar-refractivity contribution is -0.139. The van der Waals surface area contributed by atoms with Crippen LogP contribution in [0, 0.1) is 11.8 Å². The summed E-state index contributed by atoms with van der Waals surface area (Å²) in [7, 11) is 0. The lowest BCUT2D eigenvalue weighted by Gasteiger charge is -2.38. The van der Waals surface area contributed by atoms with Crippen molar-refractivity contribution in [2.45, 2.75) is 58.3 Å². The van der Waals surface area contributed by atoms with Gasteiger partial charge < -0.3 is 15.1 Å². The van der Waals surface area contributed by atoms with Gasteiger partial charge in [0.25, 0.3) is 0 Å². The maximum atomic E-state index is 13.2. The van der Waals surface area contributed by atoms with Gasteiger partial charge in [-0.05, 0) is 32.1 Å². The number of unbranched alkanes of at least 4 members (excludes halogenated alkanes) is 3. The zero-order valence-electron chi connectivity index (χ0n) is 17.7. The largest absolute Gasteiger partial charge is 0.356 e. The van der Waals surface area contributed by atoms with Crippen LogP contribution >= 0.6 is 0 Å². The van der Waals surface area contributed by atoms with Crippen molar-refractivity contribution in [2.24, 2.45) is 11.8 Å². The van der Waals surface area contributed by atoms with Crippen LogP contribution in [0.2, 0.25) is 0 Å². The summed E-state index contributed by atoms with van der Waals surface area (Å²) in [6.07, 6.45) is 13.4. The Morgan fingerprint density at radius 1 is 1.07 bits per heavy atom. The fourth-order valence-corrected chi connectivity index (χ4v) is 4.40. The van der Waals surface area contributed by atoms with Crippen LogP contribution in [-0.4, -0.2) is 59.4 Å². The van der Waals surface area contributed by atoms with Crippen LogP contribution in [0.5, 0.6) is 0 Å².